The summed E-state index contributed by atoms with van der Waals surface area (Å²) in [7, 11) is -5.72. The largest absolute Gasteiger partial charge is 0.534 e. The molecule has 0 fully saturated rings. The van der Waals surface area contributed by atoms with Crippen molar-refractivity contribution >= 4 is 28.0 Å². The van der Waals surface area contributed by atoms with Crippen molar-refractivity contribution < 1.29 is 35.4 Å². The lowest BCUT2D eigenvalue weighted by Gasteiger charge is -2.29. The first-order valence-electron chi connectivity index (χ1n) is 11.2. The van der Waals surface area contributed by atoms with Gasteiger partial charge in [0.1, 0.15) is 5.75 Å². The number of halogens is 3. The summed E-state index contributed by atoms with van der Waals surface area (Å²) in [5, 5.41) is 2.78. The molecule has 0 unspecified atom stereocenters. The Bertz CT molecular complexity index is 1250. The van der Waals surface area contributed by atoms with Gasteiger partial charge in [-0.25, -0.2) is 0 Å². The molecule has 1 heterocycles. The molecule has 0 bridgehead atoms. The zero-order valence-corrected chi connectivity index (χ0v) is 20.1. The number of alkyl halides is 3. The Balaban J connectivity index is 1.42. The first-order valence-corrected chi connectivity index (χ1v) is 12.6. The maximum Gasteiger partial charge on any atom is 0.534 e. The molecule has 2 aromatic rings. The van der Waals surface area contributed by atoms with E-state index in [1.807, 2.05) is 0 Å². The number of rotatable bonds is 10. The first kappa shape index (κ1) is 27.2. The van der Waals surface area contributed by atoms with Crippen molar-refractivity contribution in [2.75, 3.05) is 19.6 Å². The molecule has 1 aliphatic rings. The van der Waals surface area contributed by atoms with Crippen LogP contribution in [0, 0.1) is 0 Å². The lowest BCUT2D eigenvalue weighted by atomic mass is 9.99. The monoisotopic (exact) mass is 525 g/mol. The summed E-state index contributed by atoms with van der Waals surface area (Å²) in [6.45, 7) is 2.38. The van der Waals surface area contributed by atoms with Crippen LogP contribution in [-0.4, -0.2) is 50.3 Å². The van der Waals surface area contributed by atoms with E-state index in [4.69, 9.17) is 5.73 Å². The standard InChI is InChI=1S/C24H26F3N3O5S/c25-24(26,27)36(33,34)35-21-8-7-18-10-13-30(16-20(18)15-21)12-2-1-11-29-22(31)9-6-17-4-3-5-19(14-17)23(28)32/h3-9,14-15H,1-2,10-13,16H2,(H2,28,32)(H,29,31)/b9-6+. The number of nitrogens with zero attached hydrogens (tertiary/aromatic N) is 1. The van der Waals surface area contributed by atoms with Crippen molar-refractivity contribution in [1.82, 2.24) is 10.2 Å². The second kappa shape index (κ2) is 11.6. The molecular formula is C24H26F3N3O5S. The number of carbonyl (C=O) groups excluding carboxylic acids is 2. The van der Waals surface area contributed by atoms with Crippen molar-refractivity contribution in [2.24, 2.45) is 5.73 Å². The molecule has 3 rings (SSSR count). The van der Waals surface area contributed by atoms with Crippen LogP contribution in [0.2, 0.25) is 0 Å². The Labute approximate surface area is 207 Å². The molecule has 2 amide bonds. The number of carbonyl (C=O) groups is 2. The number of primary amides is 1. The lowest BCUT2D eigenvalue weighted by Crippen LogP contribution is -2.32. The fourth-order valence-corrected chi connectivity index (χ4v) is 4.16. The summed E-state index contributed by atoms with van der Waals surface area (Å²) < 4.78 is 64.4. The maximum absolute atomic E-state index is 12.6. The summed E-state index contributed by atoms with van der Waals surface area (Å²) in [6, 6.07) is 10.7. The fraction of sp³-hybridized carbons (Fsp3) is 0.333. The van der Waals surface area contributed by atoms with E-state index in [0.717, 1.165) is 24.1 Å². The number of nitrogens with two attached hydrogens (primary N) is 1. The molecule has 0 atom stereocenters. The van der Waals surface area contributed by atoms with Crippen LogP contribution >= 0.6 is 0 Å². The number of fused-ring (bicyclic) bond motifs is 1. The van der Waals surface area contributed by atoms with Crippen LogP contribution in [0.3, 0.4) is 0 Å². The molecule has 12 heteroatoms. The van der Waals surface area contributed by atoms with Crippen LogP contribution in [0.25, 0.3) is 6.08 Å². The molecule has 0 aliphatic carbocycles. The van der Waals surface area contributed by atoms with Crippen LogP contribution < -0.4 is 15.2 Å². The molecule has 3 N–H and O–H groups in total. The maximum atomic E-state index is 12.6. The average Bonchev–Trinajstić information content (AvgIpc) is 2.81. The van der Waals surface area contributed by atoms with Crippen molar-refractivity contribution in [3.8, 4) is 5.75 Å². The average molecular weight is 526 g/mol. The Morgan fingerprint density at radius 1 is 1.11 bits per heavy atom. The highest BCUT2D eigenvalue weighted by molar-refractivity contribution is 7.88. The van der Waals surface area contributed by atoms with E-state index in [9.17, 15) is 31.2 Å². The molecule has 0 saturated heterocycles. The summed E-state index contributed by atoms with van der Waals surface area (Å²) in [6.07, 6.45) is 5.14. The second-order valence-corrected chi connectivity index (χ2v) is 9.80. The third-order valence-electron chi connectivity index (χ3n) is 5.56. The molecule has 2 aromatic carbocycles. The normalized spacial score (nSPS) is 14.4. The van der Waals surface area contributed by atoms with Crippen molar-refractivity contribution in [3.63, 3.8) is 0 Å². The van der Waals surface area contributed by atoms with Gasteiger partial charge >= 0.3 is 15.6 Å². The predicted octanol–water partition coefficient (Wildman–Crippen LogP) is 2.98. The Morgan fingerprint density at radius 2 is 1.89 bits per heavy atom. The number of hydrogen-bond acceptors (Lipinski definition) is 6. The van der Waals surface area contributed by atoms with Crippen LogP contribution in [0.1, 0.15) is 39.9 Å². The molecule has 0 spiro atoms. The number of hydrogen-bond donors (Lipinski definition) is 2. The van der Waals surface area contributed by atoms with Gasteiger partial charge in [0.15, 0.2) is 0 Å². The molecule has 0 saturated carbocycles. The smallest absolute Gasteiger partial charge is 0.376 e. The van der Waals surface area contributed by atoms with Crippen LogP contribution in [-0.2, 0) is 27.9 Å². The minimum atomic E-state index is -5.72. The summed E-state index contributed by atoms with van der Waals surface area (Å²) in [4.78, 5) is 25.3. The Hall–Kier alpha value is -3.38. The first-order chi connectivity index (χ1) is 16.9. The van der Waals surface area contributed by atoms with Crippen molar-refractivity contribution in [2.45, 2.75) is 31.3 Å². The second-order valence-electron chi connectivity index (χ2n) is 8.26. The van der Waals surface area contributed by atoms with Gasteiger partial charge in [0.25, 0.3) is 0 Å². The quantitative estimate of drug-likeness (QED) is 0.213. The molecular weight excluding hydrogens is 499 g/mol. The van der Waals surface area contributed by atoms with Gasteiger partial charge in [-0.05, 0) is 72.8 Å². The van der Waals surface area contributed by atoms with E-state index < -0.39 is 21.5 Å². The van der Waals surface area contributed by atoms with Gasteiger partial charge in [0.05, 0.1) is 0 Å². The van der Waals surface area contributed by atoms with Crippen LogP contribution in [0.15, 0.2) is 48.5 Å². The number of amides is 2. The van der Waals surface area contributed by atoms with Gasteiger partial charge < -0.3 is 15.2 Å². The third kappa shape index (κ3) is 7.56. The Morgan fingerprint density at radius 3 is 2.61 bits per heavy atom. The third-order valence-corrected chi connectivity index (χ3v) is 6.54. The molecule has 0 aromatic heterocycles. The number of nitrogens with one attached hydrogen (secondary N) is 1. The summed E-state index contributed by atoms with van der Waals surface area (Å²) >= 11 is 0. The van der Waals surface area contributed by atoms with Crippen molar-refractivity contribution in [3.05, 3.63) is 70.8 Å². The van der Waals surface area contributed by atoms with Gasteiger partial charge in [-0.3, -0.25) is 14.5 Å². The minimum absolute atomic E-state index is 0.271. The molecule has 0 radical (unpaired) electrons. The van der Waals surface area contributed by atoms with E-state index in [1.165, 1.54) is 18.2 Å². The van der Waals surface area contributed by atoms with Crippen molar-refractivity contribution in [1.29, 1.82) is 0 Å². The highest BCUT2D eigenvalue weighted by atomic mass is 32.2. The van der Waals surface area contributed by atoms with E-state index in [2.05, 4.69) is 14.4 Å². The molecule has 8 nitrogen and oxygen atoms in total. The zero-order valence-electron chi connectivity index (χ0n) is 19.3. The zero-order chi connectivity index (χ0) is 26.3. The highest BCUT2D eigenvalue weighted by Crippen LogP contribution is 2.29. The van der Waals surface area contributed by atoms with E-state index >= 15 is 0 Å². The Kier molecular flexibility index (Phi) is 8.75. The molecule has 36 heavy (non-hydrogen) atoms. The van der Waals surface area contributed by atoms with Gasteiger partial charge in [-0.15, -0.1) is 0 Å². The number of unbranched alkanes of at least 4 members (excludes halogenated alkanes) is 1. The van der Waals surface area contributed by atoms with Gasteiger partial charge in [0.2, 0.25) is 11.8 Å². The summed E-state index contributed by atoms with van der Waals surface area (Å²) in [5.41, 5.74) is 2.44. The van der Waals surface area contributed by atoms with Gasteiger partial charge in [-0.1, -0.05) is 18.2 Å². The van der Waals surface area contributed by atoms with Gasteiger partial charge in [-0.2, -0.15) is 21.6 Å². The lowest BCUT2D eigenvalue weighted by molar-refractivity contribution is -0.116. The fourth-order valence-electron chi connectivity index (χ4n) is 3.71. The van der Waals surface area contributed by atoms with E-state index in [0.29, 0.717) is 43.6 Å². The highest BCUT2D eigenvalue weighted by Gasteiger charge is 2.48. The SMILES string of the molecule is NC(=O)c1cccc(/C=C/C(=O)NCCCCN2CCc3ccc(OS(=O)(=O)C(F)(F)F)cc3C2)c1. The predicted molar refractivity (Wildman–Crippen MR) is 127 cm³/mol. The summed E-state index contributed by atoms with van der Waals surface area (Å²) in [5.74, 6) is -1.19. The van der Waals surface area contributed by atoms with E-state index in [1.54, 1.807) is 36.4 Å². The molecule has 1 aliphatic heterocycles. The number of benzene rings is 2. The topological polar surface area (TPSA) is 119 Å². The van der Waals surface area contributed by atoms with E-state index in [-0.39, 0.29) is 11.7 Å². The molecule has 194 valence electrons. The minimum Gasteiger partial charge on any atom is -0.376 e. The van der Waals surface area contributed by atoms with Gasteiger partial charge in [0, 0.05) is 31.3 Å². The van der Waals surface area contributed by atoms with Crippen LogP contribution in [0.4, 0.5) is 13.2 Å². The van der Waals surface area contributed by atoms with Crippen LogP contribution in [0.5, 0.6) is 5.75 Å².